The van der Waals surface area contributed by atoms with Gasteiger partial charge in [-0.3, -0.25) is 4.79 Å². The number of aryl methyl sites for hydroxylation is 3. The van der Waals surface area contributed by atoms with E-state index in [0.717, 1.165) is 5.56 Å². The molecular formula is C16H23N3O2. The molecule has 1 aliphatic rings. The smallest absolute Gasteiger partial charge is 0.315 e. The third kappa shape index (κ3) is 3.54. The fourth-order valence-corrected chi connectivity index (χ4v) is 2.82. The molecule has 5 nitrogen and oxygen atoms in total. The van der Waals surface area contributed by atoms with E-state index in [0.29, 0.717) is 19.5 Å². The fraction of sp³-hybridized carbons (Fsp3) is 0.500. The number of benzene rings is 1. The predicted octanol–water partition coefficient (Wildman–Crippen LogP) is 1.64. The molecule has 0 radical (unpaired) electrons. The van der Waals surface area contributed by atoms with Gasteiger partial charge >= 0.3 is 6.03 Å². The SMILES string of the molecule is Cc1cc(C)c(CNC(=O)N[C@H]2CCN(C)C2=O)c(C)c1. The van der Waals surface area contributed by atoms with Gasteiger partial charge < -0.3 is 15.5 Å². The van der Waals surface area contributed by atoms with Crippen molar-refractivity contribution in [3.8, 4) is 0 Å². The van der Waals surface area contributed by atoms with Gasteiger partial charge in [0.15, 0.2) is 0 Å². The molecule has 3 amide bonds. The van der Waals surface area contributed by atoms with Crippen LogP contribution in [-0.2, 0) is 11.3 Å². The summed E-state index contributed by atoms with van der Waals surface area (Å²) >= 11 is 0. The Morgan fingerprint density at radius 1 is 1.29 bits per heavy atom. The van der Waals surface area contributed by atoms with Crippen LogP contribution in [0.15, 0.2) is 12.1 Å². The number of carbonyl (C=O) groups excluding carboxylic acids is 2. The first-order valence-corrected chi connectivity index (χ1v) is 7.24. The number of nitrogens with zero attached hydrogens (tertiary/aromatic N) is 1. The van der Waals surface area contributed by atoms with Gasteiger partial charge in [-0.2, -0.15) is 0 Å². The average Bonchev–Trinajstić information content (AvgIpc) is 2.69. The molecule has 1 heterocycles. The van der Waals surface area contributed by atoms with Crippen molar-refractivity contribution in [2.75, 3.05) is 13.6 Å². The highest BCUT2D eigenvalue weighted by atomic mass is 16.2. The Balaban J connectivity index is 1.92. The van der Waals surface area contributed by atoms with E-state index in [4.69, 9.17) is 0 Å². The molecule has 0 spiro atoms. The number of hydrogen-bond donors (Lipinski definition) is 2. The average molecular weight is 289 g/mol. The molecule has 1 fully saturated rings. The van der Waals surface area contributed by atoms with Crippen molar-refractivity contribution in [1.29, 1.82) is 0 Å². The third-order valence-corrected chi connectivity index (χ3v) is 4.00. The van der Waals surface area contributed by atoms with Crippen LogP contribution in [0.2, 0.25) is 0 Å². The van der Waals surface area contributed by atoms with E-state index in [1.54, 1.807) is 11.9 Å². The highest BCUT2D eigenvalue weighted by molar-refractivity contribution is 5.88. The van der Waals surface area contributed by atoms with Crippen molar-refractivity contribution >= 4 is 11.9 Å². The van der Waals surface area contributed by atoms with Gasteiger partial charge in [0.1, 0.15) is 6.04 Å². The Hall–Kier alpha value is -2.04. The Morgan fingerprint density at radius 3 is 2.43 bits per heavy atom. The second-order valence-electron chi connectivity index (χ2n) is 5.81. The number of rotatable bonds is 3. The number of nitrogens with one attached hydrogen (secondary N) is 2. The zero-order valence-electron chi connectivity index (χ0n) is 13.1. The summed E-state index contributed by atoms with van der Waals surface area (Å²) in [5, 5.41) is 5.58. The summed E-state index contributed by atoms with van der Waals surface area (Å²) in [5.74, 6) is -0.0205. The van der Waals surface area contributed by atoms with Crippen LogP contribution in [0.1, 0.15) is 28.7 Å². The minimum absolute atomic E-state index is 0.0205. The van der Waals surface area contributed by atoms with E-state index in [1.165, 1.54) is 16.7 Å². The molecule has 1 aromatic carbocycles. The minimum Gasteiger partial charge on any atom is -0.344 e. The Kier molecular flexibility index (Phi) is 4.50. The first kappa shape index (κ1) is 15.4. The van der Waals surface area contributed by atoms with Gasteiger partial charge in [0, 0.05) is 20.1 Å². The van der Waals surface area contributed by atoms with E-state index in [2.05, 4.69) is 29.7 Å². The lowest BCUT2D eigenvalue weighted by Crippen LogP contribution is -2.45. The van der Waals surface area contributed by atoms with Crippen LogP contribution in [0, 0.1) is 20.8 Å². The topological polar surface area (TPSA) is 61.4 Å². The molecule has 1 aromatic rings. The summed E-state index contributed by atoms with van der Waals surface area (Å²) in [6.07, 6.45) is 0.672. The van der Waals surface area contributed by atoms with Crippen LogP contribution in [-0.4, -0.2) is 36.5 Å². The molecule has 1 aliphatic heterocycles. The zero-order valence-corrected chi connectivity index (χ0v) is 13.1. The quantitative estimate of drug-likeness (QED) is 0.888. The third-order valence-electron chi connectivity index (χ3n) is 4.00. The molecule has 5 heteroatoms. The van der Waals surface area contributed by atoms with Crippen LogP contribution in [0.5, 0.6) is 0 Å². The zero-order chi connectivity index (χ0) is 15.6. The normalized spacial score (nSPS) is 18.0. The lowest BCUT2D eigenvalue weighted by atomic mass is 10.00. The van der Waals surface area contributed by atoms with Crippen LogP contribution >= 0.6 is 0 Å². The lowest BCUT2D eigenvalue weighted by Gasteiger charge is -2.15. The molecule has 2 N–H and O–H groups in total. The summed E-state index contributed by atoms with van der Waals surface area (Å²) in [6, 6.07) is 3.53. The van der Waals surface area contributed by atoms with E-state index < -0.39 is 6.04 Å². The van der Waals surface area contributed by atoms with Crippen molar-refractivity contribution in [1.82, 2.24) is 15.5 Å². The van der Waals surface area contributed by atoms with Crippen molar-refractivity contribution in [3.63, 3.8) is 0 Å². The van der Waals surface area contributed by atoms with Gasteiger partial charge in [0.05, 0.1) is 0 Å². The molecule has 0 bridgehead atoms. The summed E-state index contributed by atoms with van der Waals surface area (Å²) in [6.45, 7) is 7.32. The first-order chi connectivity index (χ1) is 9.88. The molecule has 0 aromatic heterocycles. The van der Waals surface area contributed by atoms with Gasteiger partial charge in [-0.1, -0.05) is 17.7 Å². The first-order valence-electron chi connectivity index (χ1n) is 7.24. The summed E-state index contributed by atoms with van der Waals surface area (Å²) < 4.78 is 0. The molecule has 0 unspecified atom stereocenters. The second kappa shape index (κ2) is 6.16. The van der Waals surface area contributed by atoms with Crippen molar-refractivity contribution < 1.29 is 9.59 Å². The minimum atomic E-state index is -0.393. The Labute approximate surface area is 125 Å². The van der Waals surface area contributed by atoms with Gasteiger partial charge in [-0.05, 0) is 43.9 Å². The Morgan fingerprint density at radius 2 is 1.90 bits per heavy atom. The highest BCUT2D eigenvalue weighted by Gasteiger charge is 2.30. The number of urea groups is 1. The monoisotopic (exact) mass is 289 g/mol. The number of likely N-dealkylation sites (N-methyl/N-ethyl adjacent to an activating group) is 1. The molecule has 21 heavy (non-hydrogen) atoms. The molecule has 2 rings (SSSR count). The van der Waals surface area contributed by atoms with Gasteiger partial charge in [0.25, 0.3) is 0 Å². The molecule has 1 atom stereocenters. The summed E-state index contributed by atoms with van der Waals surface area (Å²) in [7, 11) is 1.75. The van der Waals surface area contributed by atoms with Crippen molar-refractivity contribution in [2.45, 2.75) is 39.8 Å². The lowest BCUT2D eigenvalue weighted by molar-refractivity contribution is -0.128. The van der Waals surface area contributed by atoms with Crippen molar-refractivity contribution in [3.05, 3.63) is 34.4 Å². The second-order valence-corrected chi connectivity index (χ2v) is 5.81. The predicted molar refractivity (Wildman–Crippen MR) is 82.1 cm³/mol. The standard InChI is InChI=1S/C16H23N3O2/c1-10-7-11(2)13(12(3)8-10)9-17-16(21)18-14-5-6-19(4)15(14)20/h7-8,14H,5-6,9H2,1-4H3,(H2,17,18,21)/t14-/m0/s1. The van der Waals surface area contributed by atoms with Crippen LogP contribution in [0.25, 0.3) is 0 Å². The van der Waals surface area contributed by atoms with E-state index in [-0.39, 0.29) is 11.9 Å². The Bertz CT molecular complexity index is 546. The van der Waals surface area contributed by atoms with Gasteiger partial charge in [-0.25, -0.2) is 4.79 Å². The maximum Gasteiger partial charge on any atom is 0.315 e. The summed E-state index contributed by atoms with van der Waals surface area (Å²) in [5.41, 5.74) is 4.69. The largest absolute Gasteiger partial charge is 0.344 e. The molecule has 1 saturated heterocycles. The fourth-order valence-electron chi connectivity index (χ4n) is 2.82. The van der Waals surface area contributed by atoms with Gasteiger partial charge in [0.2, 0.25) is 5.91 Å². The van der Waals surface area contributed by atoms with Crippen molar-refractivity contribution in [2.24, 2.45) is 0 Å². The van der Waals surface area contributed by atoms with Crippen LogP contribution in [0.3, 0.4) is 0 Å². The molecular weight excluding hydrogens is 266 g/mol. The highest BCUT2D eigenvalue weighted by Crippen LogP contribution is 2.16. The number of amides is 3. The van der Waals surface area contributed by atoms with E-state index in [1.807, 2.05) is 13.8 Å². The van der Waals surface area contributed by atoms with Gasteiger partial charge in [-0.15, -0.1) is 0 Å². The molecule has 114 valence electrons. The van der Waals surface area contributed by atoms with Crippen LogP contribution in [0.4, 0.5) is 4.79 Å². The number of likely N-dealkylation sites (tertiary alicyclic amines) is 1. The molecule has 0 aliphatic carbocycles. The maximum atomic E-state index is 11.9. The van der Waals surface area contributed by atoms with E-state index >= 15 is 0 Å². The van der Waals surface area contributed by atoms with Crippen LogP contribution < -0.4 is 10.6 Å². The summed E-state index contributed by atoms with van der Waals surface area (Å²) in [4.78, 5) is 25.3. The number of hydrogen-bond acceptors (Lipinski definition) is 2. The van der Waals surface area contributed by atoms with E-state index in [9.17, 15) is 9.59 Å². The maximum absolute atomic E-state index is 11.9. The molecule has 0 saturated carbocycles. The number of carbonyl (C=O) groups is 2.